The first-order valence-corrected chi connectivity index (χ1v) is 10.1. The van der Waals surface area contributed by atoms with Crippen molar-refractivity contribution in [2.45, 2.75) is 11.3 Å². The first-order chi connectivity index (χ1) is 12.6. The minimum atomic E-state index is -3.62. The number of fused-ring (bicyclic) bond motifs is 2. The SMILES string of the molecule is O=S(=O)(c1cccc2c1OCCO2)N1CC2(COc3ccccc3C2)C1. The van der Waals surface area contributed by atoms with Crippen LogP contribution in [0.1, 0.15) is 5.56 Å². The molecule has 1 fully saturated rings. The zero-order chi connectivity index (χ0) is 17.8. The van der Waals surface area contributed by atoms with Crippen LogP contribution in [-0.4, -0.2) is 45.6 Å². The van der Waals surface area contributed by atoms with E-state index in [0.29, 0.717) is 44.4 Å². The third-order valence-electron chi connectivity index (χ3n) is 5.24. The maximum absolute atomic E-state index is 13.1. The van der Waals surface area contributed by atoms with E-state index < -0.39 is 10.0 Å². The fraction of sp³-hybridized carbons (Fsp3) is 0.368. The van der Waals surface area contributed by atoms with Crippen LogP contribution in [0, 0.1) is 5.41 Å². The summed E-state index contributed by atoms with van der Waals surface area (Å²) in [5.41, 5.74) is 0.998. The monoisotopic (exact) mass is 373 g/mol. The second-order valence-corrected chi connectivity index (χ2v) is 9.03. The Labute approximate surface area is 152 Å². The van der Waals surface area contributed by atoms with Gasteiger partial charge in [0.1, 0.15) is 23.9 Å². The number of rotatable bonds is 2. The molecule has 3 aliphatic heterocycles. The molecule has 6 nitrogen and oxygen atoms in total. The van der Waals surface area contributed by atoms with Crippen LogP contribution in [0.5, 0.6) is 17.2 Å². The first kappa shape index (κ1) is 16.0. The molecule has 26 heavy (non-hydrogen) atoms. The maximum atomic E-state index is 13.1. The van der Waals surface area contributed by atoms with Crippen LogP contribution in [0.2, 0.25) is 0 Å². The summed E-state index contributed by atoms with van der Waals surface area (Å²) in [6, 6.07) is 13.0. The minimum Gasteiger partial charge on any atom is -0.493 e. The molecule has 1 spiro atoms. The number of hydrogen-bond donors (Lipinski definition) is 0. The van der Waals surface area contributed by atoms with Gasteiger partial charge in [0.05, 0.1) is 6.61 Å². The highest BCUT2D eigenvalue weighted by Crippen LogP contribution is 2.45. The number of benzene rings is 2. The Kier molecular flexibility index (Phi) is 3.45. The molecule has 3 aliphatic rings. The van der Waals surface area contributed by atoms with Gasteiger partial charge in [-0.3, -0.25) is 0 Å². The topological polar surface area (TPSA) is 65.1 Å². The van der Waals surface area contributed by atoms with E-state index in [1.807, 2.05) is 24.3 Å². The van der Waals surface area contributed by atoms with Gasteiger partial charge in [-0.15, -0.1) is 0 Å². The van der Waals surface area contributed by atoms with Gasteiger partial charge >= 0.3 is 0 Å². The molecule has 0 radical (unpaired) electrons. The Morgan fingerprint density at radius 2 is 1.65 bits per heavy atom. The summed E-state index contributed by atoms with van der Waals surface area (Å²) in [5, 5.41) is 0. The zero-order valence-electron chi connectivity index (χ0n) is 14.2. The molecule has 0 bridgehead atoms. The van der Waals surface area contributed by atoms with Gasteiger partial charge in [0.25, 0.3) is 0 Å². The smallest absolute Gasteiger partial charge is 0.246 e. The largest absolute Gasteiger partial charge is 0.493 e. The highest BCUT2D eigenvalue weighted by Gasteiger charge is 2.51. The molecule has 7 heteroatoms. The van der Waals surface area contributed by atoms with Gasteiger partial charge in [-0.25, -0.2) is 8.42 Å². The van der Waals surface area contributed by atoms with Crippen molar-refractivity contribution < 1.29 is 22.6 Å². The van der Waals surface area contributed by atoms with Gasteiger partial charge in [0, 0.05) is 18.5 Å². The predicted octanol–water partition coefficient (Wildman–Crippen LogP) is 2.08. The molecule has 5 rings (SSSR count). The first-order valence-electron chi connectivity index (χ1n) is 8.67. The molecule has 2 aromatic rings. The molecule has 1 saturated heterocycles. The summed E-state index contributed by atoms with van der Waals surface area (Å²) < 4.78 is 44.7. The van der Waals surface area contributed by atoms with Crippen LogP contribution in [0.4, 0.5) is 0 Å². The van der Waals surface area contributed by atoms with E-state index in [2.05, 4.69) is 0 Å². The van der Waals surface area contributed by atoms with Crippen molar-refractivity contribution in [3.8, 4) is 17.2 Å². The lowest BCUT2D eigenvalue weighted by molar-refractivity contribution is 0.00582. The van der Waals surface area contributed by atoms with Gasteiger partial charge in [0.15, 0.2) is 11.5 Å². The van der Waals surface area contributed by atoms with E-state index in [1.54, 1.807) is 18.2 Å². The average molecular weight is 373 g/mol. The standard InChI is InChI=1S/C19H19NO5S/c21-26(22,17-7-3-6-16-18(17)24-9-8-23-16)20-11-19(12-20)10-14-4-1-2-5-15(14)25-13-19/h1-7H,8-13H2. The summed E-state index contributed by atoms with van der Waals surface area (Å²) in [4.78, 5) is 0.182. The van der Waals surface area contributed by atoms with Crippen LogP contribution < -0.4 is 14.2 Å². The molecule has 3 heterocycles. The number of para-hydroxylation sites is 2. The van der Waals surface area contributed by atoms with Crippen LogP contribution in [-0.2, 0) is 16.4 Å². The van der Waals surface area contributed by atoms with Crippen LogP contribution in [0.25, 0.3) is 0 Å². The number of hydrogen-bond acceptors (Lipinski definition) is 5. The lowest BCUT2D eigenvalue weighted by Crippen LogP contribution is -2.62. The molecule has 0 aliphatic carbocycles. The molecule has 136 valence electrons. The second-order valence-electron chi connectivity index (χ2n) is 7.13. The van der Waals surface area contributed by atoms with E-state index in [4.69, 9.17) is 14.2 Å². The lowest BCUT2D eigenvalue weighted by atomic mass is 9.75. The molecule has 0 saturated carbocycles. The Bertz CT molecular complexity index is 966. The van der Waals surface area contributed by atoms with Crippen molar-refractivity contribution in [3.63, 3.8) is 0 Å². The number of sulfonamides is 1. The normalized spacial score (nSPS) is 20.8. The Balaban J connectivity index is 1.40. The predicted molar refractivity (Wildman–Crippen MR) is 94.3 cm³/mol. The third kappa shape index (κ3) is 2.38. The third-order valence-corrected chi connectivity index (χ3v) is 7.06. The van der Waals surface area contributed by atoms with Crippen molar-refractivity contribution in [1.29, 1.82) is 0 Å². The van der Waals surface area contributed by atoms with E-state index in [1.165, 1.54) is 4.31 Å². The minimum absolute atomic E-state index is 0.145. The quantitative estimate of drug-likeness (QED) is 0.807. The summed E-state index contributed by atoms with van der Waals surface area (Å²) >= 11 is 0. The molecule has 0 unspecified atom stereocenters. The zero-order valence-corrected chi connectivity index (χ0v) is 15.0. The Morgan fingerprint density at radius 1 is 0.885 bits per heavy atom. The van der Waals surface area contributed by atoms with E-state index in [0.717, 1.165) is 17.7 Å². The highest BCUT2D eigenvalue weighted by atomic mass is 32.2. The summed E-state index contributed by atoms with van der Waals surface area (Å²) in [7, 11) is -3.62. The second kappa shape index (κ2) is 5.62. The van der Waals surface area contributed by atoms with Gasteiger partial charge < -0.3 is 14.2 Å². The highest BCUT2D eigenvalue weighted by molar-refractivity contribution is 7.89. The van der Waals surface area contributed by atoms with Crippen molar-refractivity contribution >= 4 is 10.0 Å². The van der Waals surface area contributed by atoms with Gasteiger partial charge in [0.2, 0.25) is 10.0 Å². The summed E-state index contributed by atoms with van der Waals surface area (Å²) in [6.07, 6.45) is 0.835. The number of nitrogens with zero attached hydrogens (tertiary/aromatic N) is 1. The molecule has 2 aromatic carbocycles. The lowest BCUT2D eigenvalue weighted by Gasteiger charge is -2.50. The molecular formula is C19H19NO5S. The van der Waals surface area contributed by atoms with Crippen LogP contribution in [0.15, 0.2) is 47.4 Å². The van der Waals surface area contributed by atoms with Gasteiger partial charge in [-0.2, -0.15) is 4.31 Å². The van der Waals surface area contributed by atoms with Gasteiger partial charge in [-0.05, 0) is 30.2 Å². The van der Waals surface area contributed by atoms with E-state index in [-0.39, 0.29) is 10.3 Å². The molecule has 0 aromatic heterocycles. The fourth-order valence-corrected chi connectivity index (χ4v) is 5.75. The Hall–Kier alpha value is -2.25. The average Bonchev–Trinajstić information content (AvgIpc) is 2.65. The molecular weight excluding hydrogens is 354 g/mol. The fourth-order valence-electron chi connectivity index (χ4n) is 3.94. The van der Waals surface area contributed by atoms with Crippen LogP contribution in [0.3, 0.4) is 0 Å². The van der Waals surface area contributed by atoms with Crippen molar-refractivity contribution in [1.82, 2.24) is 4.31 Å². The van der Waals surface area contributed by atoms with Crippen molar-refractivity contribution in [2.24, 2.45) is 5.41 Å². The van der Waals surface area contributed by atoms with E-state index in [9.17, 15) is 8.42 Å². The van der Waals surface area contributed by atoms with Gasteiger partial charge in [-0.1, -0.05) is 24.3 Å². The van der Waals surface area contributed by atoms with Crippen molar-refractivity contribution in [2.75, 3.05) is 32.9 Å². The van der Waals surface area contributed by atoms with E-state index >= 15 is 0 Å². The Morgan fingerprint density at radius 3 is 2.54 bits per heavy atom. The maximum Gasteiger partial charge on any atom is 0.246 e. The molecule has 0 amide bonds. The molecule has 0 N–H and O–H groups in total. The number of ether oxygens (including phenoxy) is 3. The molecule has 0 atom stereocenters. The van der Waals surface area contributed by atoms with Crippen LogP contribution >= 0.6 is 0 Å². The summed E-state index contributed by atoms with van der Waals surface area (Å²) in [6.45, 7) is 2.24. The van der Waals surface area contributed by atoms with Crippen molar-refractivity contribution in [3.05, 3.63) is 48.0 Å². The summed E-state index contributed by atoms with van der Waals surface area (Å²) in [5.74, 6) is 1.72.